The zero-order valence-electron chi connectivity index (χ0n) is 20.5. The predicted molar refractivity (Wildman–Crippen MR) is 146 cm³/mol. The third kappa shape index (κ3) is 7.20. The van der Waals surface area contributed by atoms with Crippen molar-refractivity contribution >= 4 is 11.8 Å². The van der Waals surface area contributed by atoms with Gasteiger partial charge in [-0.3, -0.25) is 0 Å². The van der Waals surface area contributed by atoms with Crippen LogP contribution in [0.15, 0.2) is 91.0 Å². The molecule has 0 saturated carbocycles. The summed E-state index contributed by atoms with van der Waals surface area (Å²) >= 11 is 2.05. The molecule has 3 heteroatoms. The predicted octanol–water partition coefficient (Wildman–Crippen LogP) is 6.86. The molecule has 2 unspecified atom stereocenters. The Hall–Kier alpha value is -2.07. The standard InChI is InChI=1S/C30H40N2S/c1-4-5-15-22-31-23-25(2)32-24-26(3)33-30(27-16-9-6-10-17-27,28-18-11-7-12-19-28)29-20-13-8-14-21-29/h6-14,16-21,25-26,31-32H,4-5,15,22-24H2,1-3H3. The topological polar surface area (TPSA) is 24.1 Å². The molecule has 0 aromatic heterocycles. The highest BCUT2D eigenvalue weighted by Gasteiger charge is 2.38. The first-order chi connectivity index (χ1) is 16.2. The van der Waals surface area contributed by atoms with E-state index in [0.29, 0.717) is 11.3 Å². The molecule has 2 atom stereocenters. The molecular formula is C30H40N2S. The van der Waals surface area contributed by atoms with Crippen molar-refractivity contribution in [2.45, 2.75) is 56.1 Å². The van der Waals surface area contributed by atoms with Gasteiger partial charge in [-0.05, 0) is 36.6 Å². The lowest BCUT2D eigenvalue weighted by Gasteiger charge is -2.38. The minimum absolute atomic E-state index is 0.257. The number of hydrogen-bond donors (Lipinski definition) is 2. The van der Waals surface area contributed by atoms with E-state index in [1.165, 1.54) is 36.0 Å². The number of nitrogens with one attached hydrogen (secondary N) is 2. The molecule has 2 nitrogen and oxygen atoms in total. The lowest BCUT2D eigenvalue weighted by Crippen LogP contribution is -2.40. The van der Waals surface area contributed by atoms with Crippen LogP contribution in [0.25, 0.3) is 0 Å². The lowest BCUT2D eigenvalue weighted by molar-refractivity contribution is 0.496. The summed E-state index contributed by atoms with van der Waals surface area (Å²) in [4.78, 5) is 0. The lowest BCUT2D eigenvalue weighted by atomic mass is 9.84. The first-order valence-electron chi connectivity index (χ1n) is 12.4. The van der Waals surface area contributed by atoms with Gasteiger partial charge in [0.15, 0.2) is 0 Å². The summed E-state index contributed by atoms with van der Waals surface area (Å²) < 4.78 is -0.257. The van der Waals surface area contributed by atoms with Gasteiger partial charge >= 0.3 is 0 Å². The minimum atomic E-state index is -0.257. The van der Waals surface area contributed by atoms with E-state index in [0.717, 1.165) is 19.6 Å². The zero-order chi connectivity index (χ0) is 23.4. The molecule has 176 valence electrons. The second-order valence-electron chi connectivity index (χ2n) is 8.93. The van der Waals surface area contributed by atoms with Gasteiger partial charge in [0.2, 0.25) is 0 Å². The van der Waals surface area contributed by atoms with Gasteiger partial charge < -0.3 is 10.6 Å². The molecular weight excluding hydrogens is 420 g/mol. The fourth-order valence-electron chi connectivity index (χ4n) is 4.32. The van der Waals surface area contributed by atoms with Crippen molar-refractivity contribution in [2.75, 3.05) is 19.6 Å². The van der Waals surface area contributed by atoms with Gasteiger partial charge in [0.05, 0.1) is 4.75 Å². The molecule has 0 saturated heterocycles. The van der Waals surface area contributed by atoms with Crippen LogP contribution in [0.5, 0.6) is 0 Å². The first kappa shape index (κ1) is 25.6. The Kier molecular flexibility index (Phi) is 10.5. The number of benzene rings is 3. The smallest absolute Gasteiger partial charge is 0.0910 e. The maximum Gasteiger partial charge on any atom is 0.0910 e. The number of unbranched alkanes of at least 4 members (excludes halogenated alkanes) is 2. The van der Waals surface area contributed by atoms with Crippen molar-refractivity contribution in [3.8, 4) is 0 Å². The molecule has 0 radical (unpaired) electrons. The fourth-order valence-corrected chi connectivity index (χ4v) is 5.92. The number of thioether (sulfide) groups is 1. The Morgan fingerprint density at radius 3 is 1.64 bits per heavy atom. The largest absolute Gasteiger partial charge is 0.315 e. The SMILES string of the molecule is CCCCCNCC(C)NCC(C)SC(c1ccccc1)(c1ccccc1)c1ccccc1. The van der Waals surface area contributed by atoms with E-state index in [-0.39, 0.29) is 4.75 Å². The van der Waals surface area contributed by atoms with Crippen LogP contribution in [0.3, 0.4) is 0 Å². The van der Waals surface area contributed by atoms with Crippen molar-refractivity contribution in [1.82, 2.24) is 10.6 Å². The molecule has 3 aromatic rings. The molecule has 0 fully saturated rings. The second-order valence-corrected chi connectivity index (χ2v) is 10.6. The van der Waals surface area contributed by atoms with Gasteiger partial charge in [-0.1, -0.05) is 118 Å². The number of rotatable bonds is 14. The van der Waals surface area contributed by atoms with E-state index >= 15 is 0 Å². The van der Waals surface area contributed by atoms with Crippen molar-refractivity contribution in [3.05, 3.63) is 108 Å². The summed E-state index contributed by atoms with van der Waals surface area (Å²) in [7, 11) is 0. The minimum Gasteiger partial charge on any atom is -0.315 e. The summed E-state index contributed by atoms with van der Waals surface area (Å²) in [6, 6.07) is 33.4. The van der Waals surface area contributed by atoms with Crippen LogP contribution in [0.2, 0.25) is 0 Å². The Labute approximate surface area is 205 Å². The summed E-state index contributed by atoms with van der Waals surface area (Å²) in [6.45, 7) is 9.98. The van der Waals surface area contributed by atoms with Crippen LogP contribution in [0.1, 0.15) is 56.7 Å². The van der Waals surface area contributed by atoms with Crippen LogP contribution >= 0.6 is 11.8 Å². The maximum absolute atomic E-state index is 3.77. The summed E-state index contributed by atoms with van der Waals surface area (Å²) in [6.07, 6.45) is 3.85. The highest BCUT2D eigenvalue weighted by Crippen LogP contribution is 2.49. The Morgan fingerprint density at radius 2 is 1.18 bits per heavy atom. The van der Waals surface area contributed by atoms with Crippen LogP contribution in [0.4, 0.5) is 0 Å². The van der Waals surface area contributed by atoms with Gasteiger partial charge in [-0.25, -0.2) is 0 Å². The van der Waals surface area contributed by atoms with E-state index in [4.69, 9.17) is 0 Å². The third-order valence-corrected chi connectivity index (χ3v) is 7.71. The quantitative estimate of drug-likeness (QED) is 0.203. The van der Waals surface area contributed by atoms with Crippen molar-refractivity contribution < 1.29 is 0 Å². The summed E-state index contributed by atoms with van der Waals surface area (Å²) in [5.41, 5.74) is 3.97. The van der Waals surface area contributed by atoms with E-state index in [1.54, 1.807) is 0 Å². The molecule has 33 heavy (non-hydrogen) atoms. The molecule has 3 rings (SSSR count). The van der Waals surface area contributed by atoms with Crippen LogP contribution in [0, 0.1) is 0 Å². The van der Waals surface area contributed by atoms with E-state index < -0.39 is 0 Å². The fraction of sp³-hybridized carbons (Fsp3) is 0.400. The van der Waals surface area contributed by atoms with Gasteiger partial charge in [0.1, 0.15) is 0 Å². The van der Waals surface area contributed by atoms with Crippen LogP contribution in [-0.2, 0) is 4.75 Å². The first-order valence-corrected chi connectivity index (χ1v) is 13.3. The normalized spacial score (nSPS) is 13.5. The molecule has 0 spiro atoms. The Bertz CT molecular complexity index is 802. The molecule has 0 aliphatic heterocycles. The summed E-state index contributed by atoms with van der Waals surface area (Å²) in [5, 5.41) is 7.79. The molecule has 0 heterocycles. The number of hydrogen-bond acceptors (Lipinski definition) is 3. The zero-order valence-corrected chi connectivity index (χ0v) is 21.3. The molecule has 0 aliphatic carbocycles. The van der Waals surface area contributed by atoms with Gasteiger partial charge in [0, 0.05) is 24.4 Å². The highest BCUT2D eigenvalue weighted by atomic mass is 32.2. The molecule has 0 bridgehead atoms. The average molecular weight is 461 g/mol. The van der Waals surface area contributed by atoms with Gasteiger partial charge in [-0.15, -0.1) is 11.8 Å². The molecule has 0 aliphatic rings. The molecule has 3 aromatic carbocycles. The van der Waals surface area contributed by atoms with E-state index in [9.17, 15) is 0 Å². The van der Waals surface area contributed by atoms with E-state index in [2.05, 4.69) is 122 Å². The highest BCUT2D eigenvalue weighted by molar-refractivity contribution is 8.01. The van der Waals surface area contributed by atoms with Crippen molar-refractivity contribution in [1.29, 1.82) is 0 Å². The van der Waals surface area contributed by atoms with Gasteiger partial charge in [0.25, 0.3) is 0 Å². The van der Waals surface area contributed by atoms with Crippen molar-refractivity contribution in [3.63, 3.8) is 0 Å². The van der Waals surface area contributed by atoms with E-state index in [1.807, 2.05) is 11.8 Å². The average Bonchev–Trinajstić information content (AvgIpc) is 2.87. The van der Waals surface area contributed by atoms with Crippen molar-refractivity contribution in [2.24, 2.45) is 0 Å². The van der Waals surface area contributed by atoms with Gasteiger partial charge in [-0.2, -0.15) is 0 Å². The third-order valence-electron chi connectivity index (χ3n) is 6.08. The Balaban J connectivity index is 1.79. The van der Waals surface area contributed by atoms with Crippen LogP contribution in [-0.4, -0.2) is 30.9 Å². The molecule has 0 amide bonds. The second kappa shape index (κ2) is 13.6. The maximum atomic E-state index is 3.77. The monoisotopic (exact) mass is 460 g/mol. The van der Waals surface area contributed by atoms with Crippen LogP contribution < -0.4 is 10.6 Å². The Morgan fingerprint density at radius 1 is 0.697 bits per heavy atom. The summed E-state index contributed by atoms with van der Waals surface area (Å²) in [5.74, 6) is 0. The molecule has 2 N–H and O–H groups in total.